The van der Waals surface area contributed by atoms with Crippen LogP contribution in [0.1, 0.15) is 5.56 Å². The van der Waals surface area contributed by atoms with Gasteiger partial charge in [-0.3, -0.25) is 0 Å². The Hall–Kier alpha value is -1.54. The highest BCUT2D eigenvalue weighted by Crippen LogP contribution is 2.22. The van der Waals surface area contributed by atoms with Gasteiger partial charge in [0.1, 0.15) is 17.3 Å². The molecule has 2 aromatic carbocycles. The van der Waals surface area contributed by atoms with Gasteiger partial charge in [-0.05, 0) is 42.0 Å². The molecule has 0 unspecified atom stereocenters. The van der Waals surface area contributed by atoms with Crippen LogP contribution in [0.2, 0.25) is 0 Å². The van der Waals surface area contributed by atoms with E-state index in [1.807, 2.05) is 24.3 Å². The van der Waals surface area contributed by atoms with Gasteiger partial charge in [0, 0.05) is 5.88 Å². The summed E-state index contributed by atoms with van der Waals surface area (Å²) in [6, 6.07) is 13.4. The van der Waals surface area contributed by atoms with E-state index in [0.717, 1.165) is 5.56 Å². The van der Waals surface area contributed by atoms with Crippen molar-refractivity contribution in [3.05, 3.63) is 59.9 Å². The number of halogens is 2. The Morgan fingerprint density at radius 3 is 1.88 bits per heavy atom. The van der Waals surface area contributed by atoms with Crippen LogP contribution in [0.5, 0.6) is 11.5 Å². The van der Waals surface area contributed by atoms with Crippen molar-refractivity contribution in [2.45, 2.75) is 5.88 Å². The topological polar surface area (TPSA) is 9.23 Å². The second-order valence-electron chi connectivity index (χ2n) is 3.33. The van der Waals surface area contributed by atoms with Crippen LogP contribution in [-0.2, 0) is 5.88 Å². The summed E-state index contributed by atoms with van der Waals surface area (Å²) in [5.74, 6) is 1.53. The van der Waals surface area contributed by atoms with Gasteiger partial charge in [-0.1, -0.05) is 12.1 Å². The highest BCUT2D eigenvalue weighted by Gasteiger charge is 1.97. The maximum Gasteiger partial charge on any atom is 0.127 e. The van der Waals surface area contributed by atoms with Gasteiger partial charge in [-0.15, -0.1) is 11.6 Å². The minimum atomic E-state index is -0.273. The summed E-state index contributed by atoms with van der Waals surface area (Å²) in [7, 11) is 0. The molecule has 0 heterocycles. The van der Waals surface area contributed by atoms with Crippen molar-refractivity contribution < 1.29 is 9.13 Å². The minimum absolute atomic E-state index is 0.273. The van der Waals surface area contributed by atoms with Crippen molar-refractivity contribution in [3.8, 4) is 11.5 Å². The van der Waals surface area contributed by atoms with Crippen LogP contribution in [0.25, 0.3) is 0 Å². The van der Waals surface area contributed by atoms with Crippen molar-refractivity contribution >= 4 is 11.6 Å². The molecular formula is C13H10ClFO. The standard InChI is InChI=1S/C13H10ClFO/c14-9-10-1-5-12(6-2-10)16-13-7-3-11(15)4-8-13/h1-8H,9H2. The van der Waals surface area contributed by atoms with Gasteiger partial charge in [0.25, 0.3) is 0 Å². The quantitative estimate of drug-likeness (QED) is 0.720. The molecule has 2 aromatic rings. The number of rotatable bonds is 3. The van der Waals surface area contributed by atoms with E-state index in [4.69, 9.17) is 16.3 Å². The van der Waals surface area contributed by atoms with Crippen LogP contribution < -0.4 is 4.74 Å². The lowest BCUT2D eigenvalue weighted by atomic mass is 10.2. The summed E-state index contributed by atoms with van der Waals surface area (Å²) in [6.45, 7) is 0. The maximum atomic E-state index is 12.7. The Kier molecular flexibility index (Phi) is 3.42. The molecule has 0 radical (unpaired) electrons. The third-order valence-corrected chi connectivity index (χ3v) is 2.44. The molecule has 0 aliphatic rings. The predicted molar refractivity (Wildman–Crippen MR) is 62.5 cm³/mol. The fraction of sp³-hybridized carbons (Fsp3) is 0.0769. The molecule has 0 spiro atoms. The molecule has 0 N–H and O–H groups in total. The summed E-state index contributed by atoms with van der Waals surface area (Å²) in [6.07, 6.45) is 0. The lowest BCUT2D eigenvalue weighted by Gasteiger charge is -2.05. The van der Waals surface area contributed by atoms with Crippen LogP contribution in [0.15, 0.2) is 48.5 Å². The number of benzene rings is 2. The molecule has 0 atom stereocenters. The van der Waals surface area contributed by atoms with Gasteiger partial charge in [0.05, 0.1) is 0 Å². The largest absolute Gasteiger partial charge is 0.457 e. The van der Waals surface area contributed by atoms with E-state index in [1.54, 1.807) is 12.1 Å². The molecule has 16 heavy (non-hydrogen) atoms. The fourth-order valence-electron chi connectivity index (χ4n) is 1.29. The first-order valence-electron chi connectivity index (χ1n) is 4.86. The second-order valence-corrected chi connectivity index (χ2v) is 3.60. The van der Waals surface area contributed by atoms with Crippen LogP contribution in [-0.4, -0.2) is 0 Å². The van der Waals surface area contributed by atoms with E-state index in [9.17, 15) is 4.39 Å². The average molecular weight is 237 g/mol. The van der Waals surface area contributed by atoms with Gasteiger partial charge >= 0.3 is 0 Å². The van der Waals surface area contributed by atoms with Crippen LogP contribution in [0.3, 0.4) is 0 Å². The van der Waals surface area contributed by atoms with Crippen molar-refractivity contribution in [1.82, 2.24) is 0 Å². The molecule has 0 bridgehead atoms. The smallest absolute Gasteiger partial charge is 0.127 e. The molecule has 0 amide bonds. The van der Waals surface area contributed by atoms with Crippen LogP contribution in [0, 0.1) is 5.82 Å². The molecule has 1 nitrogen and oxygen atoms in total. The molecule has 0 fully saturated rings. The number of hydrogen-bond acceptors (Lipinski definition) is 1. The Labute approximate surface area is 98.4 Å². The molecule has 0 aromatic heterocycles. The molecule has 0 saturated carbocycles. The van der Waals surface area contributed by atoms with Crippen molar-refractivity contribution in [2.75, 3.05) is 0 Å². The zero-order valence-electron chi connectivity index (χ0n) is 8.49. The number of ether oxygens (including phenoxy) is 1. The second kappa shape index (κ2) is 4.99. The van der Waals surface area contributed by atoms with E-state index in [0.29, 0.717) is 17.4 Å². The minimum Gasteiger partial charge on any atom is -0.457 e. The van der Waals surface area contributed by atoms with E-state index in [1.165, 1.54) is 12.1 Å². The lowest BCUT2D eigenvalue weighted by Crippen LogP contribution is -1.85. The average Bonchev–Trinajstić information content (AvgIpc) is 2.33. The summed E-state index contributed by atoms with van der Waals surface area (Å²) in [5.41, 5.74) is 1.04. The highest BCUT2D eigenvalue weighted by molar-refractivity contribution is 6.17. The van der Waals surface area contributed by atoms with Crippen LogP contribution in [0.4, 0.5) is 4.39 Å². The van der Waals surface area contributed by atoms with E-state index >= 15 is 0 Å². The van der Waals surface area contributed by atoms with Gasteiger partial charge in [-0.2, -0.15) is 0 Å². The monoisotopic (exact) mass is 236 g/mol. The molecule has 82 valence electrons. The molecule has 3 heteroatoms. The third kappa shape index (κ3) is 2.74. The Bertz CT molecular complexity index is 450. The zero-order chi connectivity index (χ0) is 11.4. The molecule has 2 rings (SSSR count). The number of hydrogen-bond donors (Lipinski definition) is 0. The first kappa shape index (κ1) is 11.0. The molecule has 0 saturated heterocycles. The summed E-state index contributed by atoms with van der Waals surface area (Å²) in [4.78, 5) is 0. The highest BCUT2D eigenvalue weighted by atomic mass is 35.5. The van der Waals surface area contributed by atoms with Crippen molar-refractivity contribution in [2.24, 2.45) is 0 Å². The van der Waals surface area contributed by atoms with Crippen molar-refractivity contribution in [3.63, 3.8) is 0 Å². The van der Waals surface area contributed by atoms with Gasteiger partial charge < -0.3 is 4.74 Å². The molecular weight excluding hydrogens is 227 g/mol. The SMILES string of the molecule is Fc1ccc(Oc2ccc(CCl)cc2)cc1. The lowest BCUT2D eigenvalue weighted by molar-refractivity contribution is 0.480. The summed E-state index contributed by atoms with van der Waals surface area (Å²) >= 11 is 5.67. The summed E-state index contributed by atoms with van der Waals surface area (Å²) < 4.78 is 18.2. The molecule has 0 aliphatic carbocycles. The van der Waals surface area contributed by atoms with Gasteiger partial charge in [-0.25, -0.2) is 4.39 Å². The Balaban J connectivity index is 2.11. The van der Waals surface area contributed by atoms with Gasteiger partial charge in [0.15, 0.2) is 0 Å². The maximum absolute atomic E-state index is 12.7. The number of alkyl halides is 1. The Morgan fingerprint density at radius 1 is 0.875 bits per heavy atom. The Morgan fingerprint density at radius 2 is 1.38 bits per heavy atom. The van der Waals surface area contributed by atoms with E-state index in [-0.39, 0.29) is 5.82 Å². The normalized spacial score (nSPS) is 10.1. The van der Waals surface area contributed by atoms with E-state index < -0.39 is 0 Å². The van der Waals surface area contributed by atoms with Crippen LogP contribution >= 0.6 is 11.6 Å². The fourth-order valence-corrected chi connectivity index (χ4v) is 1.46. The van der Waals surface area contributed by atoms with Crippen molar-refractivity contribution in [1.29, 1.82) is 0 Å². The molecule has 0 aliphatic heterocycles. The third-order valence-electron chi connectivity index (χ3n) is 2.13. The summed E-state index contributed by atoms with van der Waals surface area (Å²) in [5, 5.41) is 0. The van der Waals surface area contributed by atoms with Gasteiger partial charge in [0.2, 0.25) is 0 Å². The first-order chi connectivity index (χ1) is 7.78. The van der Waals surface area contributed by atoms with E-state index in [2.05, 4.69) is 0 Å². The zero-order valence-corrected chi connectivity index (χ0v) is 9.25. The first-order valence-corrected chi connectivity index (χ1v) is 5.40. The predicted octanol–water partition coefficient (Wildman–Crippen LogP) is 4.36.